The highest BCUT2D eigenvalue weighted by molar-refractivity contribution is 5.96. The van der Waals surface area contributed by atoms with Crippen LogP contribution in [0.1, 0.15) is 42.4 Å². The van der Waals surface area contributed by atoms with Gasteiger partial charge in [0, 0.05) is 34.8 Å². The molecule has 0 bridgehead atoms. The maximum absolute atomic E-state index is 12.6. The first-order chi connectivity index (χ1) is 16.2. The minimum Gasteiger partial charge on any atom is -0.405 e. The molecule has 4 rings (SSSR count). The first-order valence-corrected chi connectivity index (χ1v) is 11.7. The maximum atomic E-state index is 12.6. The Kier molecular flexibility index (Phi) is 10.5. The quantitative estimate of drug-likeness (QED) is 0.300. The van der Waals surface area contributed by atoms with Crippen molar-refractivity contribution in [2.24, 2.45) is 5.92 Å². The summed E-state index contributed by atoms with van der Waals surface area (Å²) in [5, 5.41) is 7.92. The third kappa shape index (κ3) is 7.31. The Hall–Kier alpha value is -2.42. The molecule has 1 aromatic heterocycles. The number of nitrogens with two attached hydrogens (primary N) is 1. The number of ether oxygens (including phenoxy) is 1. The van der Waals surface area contributed by atoms with E-state index in [2.05, 4.69) is 15.4 Å². The molecule has 5 nitrogen and oxygen atoms in total. The molecule has 0 saturated heterocycles. The summed E-state index contributed by atoms with van der Waals surface area (Å²) in [5.74, 6) is 1.17. The fourth-order valence-corrected chi connectivity index (χ4v) is 4.75. The Bertz CT molecular complexity index is 1150. The van der Waals surface area contributed by atoms with Crippen molar-refractivity contribution in [2.45, 2.75) is 58.5 Å². The number of hydrogen-bond donors (Lipinski definition) is 3. The number of aromatic nitrogens is 1. The lowest BCUT2D eigenvalue weighted by Crippen LogP contribution is -2.31. The van der Waals surface area contributed by atoms with Crippen LogP contribution in [0.5, 0.6) is 5.75 Å². The van der Waals surface area contributed by atoms with Crippen LogP contribution in [0.2, 0.25) is 0 Å². The largest absolute Gasteiger partial charge is 0.573 e. The van der Waals surface area contributed by atoms with Crippen LogP contribution in [0.4, 0.5) is 24.7 Å². The van der Waals surface area contributed by atoms with E-state index < -0.39 is 6.36 Å². The van der Waals surface area contributed by atoms with E-state index >= 15 is 0 Å². The smallest absolute Gasteiger partial charge is 0.405 e. The summed E-state index contributed by atoms with van der Waals surface area (Å²) < 4.78 is 42.0. The van der Waals surface area contributed by atoms with Crippen LogP contribution < -0.4 is 21.1 Å². The van der Waals surface area contributed by atoms with E-state index in [4.69, 9.17) is 10.7 Å². The van der Waals surface area contributed by atoms with Gasteiger partial charge < -0.3 is 21.1 Å². The van der Waals surface area contributed by atoms with Crippen molar-refractivity contribution in [3.8, 4) is 5.75 Å². The zero-order chi connectivity index (χ0) is 24.3. The van der Waals surface area contributed by atoms with Crippen molar-refractivity contribution in [1.29, 1.82) is 0 Å². The van der Waals surface area contributed by atoms with Gasteiger partial charge in [0.1, 0.15) is 11.6 Å². The molecule has 198 valence electrons. The van der Waals surface area contributed by atoms with Gasteiger partial charge in [-0.2, -0.15) is 0 Å². The zero-order valence-corrected chi connectivity index (χ0v) is 22.0. The van der Waals surface area contributed by atoms with E-state index in [-0.39, 0.29) is 30.6 Å². The normalized spacial score (nSPS) is 17.7. The molecule has 0 atom stereocenters. The standard InChI is InChI=1S/C26H31F3N4O.2ClH/c1-16-6-5-8-21-23(16)24(30)17(2)25(33-21)32-20-12-10-18(11-13-20)14-31-15-19-7-3-4-9-22(19)34-26(27,28)29;;/h3-9,18,20,31H,10-15H2,1-2H3,(H3,30,32,33);2*1H/t18-,20+;;. The highest BCUT2D eigenvalue weighted by Gasteiger charge is 2.32. The number of fused-ring (bicyclic) bond motifs is 1. The number of pyridine rings is 1. The van der Waals surface area contributed by atoms with Gasteiger partial charge in [0.15, 0.2) is 0 Å². The number of alkyl halides is 3. The third-order valence-electron chi connectivity index (χ3n) is 6.65. The van der Waals surface area contributed by atoms with Gasteiger partial charge in [-0.1, -0.05) is 30.3 Å². The lowest BCUT2D eigenvalue weighted by atomic mass is 9.86. The Morgan fingerprint density at radius 3 is 2.39 bits per heavy atom. The van der Waals surface area contributed by atoms with Crippen LogP contribution in [0.3, 0.4) is 0 Å². The molecule has 1 heterocycles. The molecular formula is C26H33Cl2F3N4O. The van der Waals surface area contributed by atoms with Gasteiger partial charge in [-0.15, -0.1) is 38.0 Å². The van der Waals surface area contributed by atoms with Crippen molar-refractivity contribution < 1.29 is 17.9 Å². The molecule has 36 heavy (non-hydrogen) atoms. The zero-order valence-electron chi connectivity index (χ0n) is 20.3. The van der Waals surface area contributed by atoms with Crippen LogP contribution in [-0.4, -0.2) is 23.9 Å². The van der Waals surface area contributed by atoms with Gasteiger partial charge >= 0.3 is 6.36 Å². The number of halogens is 5. The Morgan fingerprint density at radius 2 is 1.69 bits per heavy atom. The number of anilines is 2. The number of para-hydroxylation sites is 1. The average Bonchev–Trinajstić information content (AvgIpc) is 2.78. The fraction of sp³-hybridized carbons (Fsp3) is 0.423. The van der Waals surface area contributed by atoms with Crippen LogP contribution in [0, 0.1) is 19.8 Å². The molecule has 10 heteroatoms. The van der Waals surface area contributed by atoms with Crippen molar-refractivity contribution >= 4 is 47.2 Å². The number of nitrogens with zero attached hydrogens (tertiary/aromatic N) is 1. The summed E-state index contributed by atoms with van der Waals surface area (Å²) in [6, 6.07) is 12.6. The number of nitrogens with one attached hydrogen (secondary N) is 2. The molecule has 4 N–H and O–H groups in total. The van der Waals surface area contributed by atoms with Crippen LogP contribution in [0.25, 0.3) is 10.9 Å². The molecule has 1 saturated carbocycles. The van der Waals surface area contributed by atoms with Gasteiger partial charge in [0.25, 0.3) is 0 Å². The molecule has 3 aromatic rings. The number of hydrogen-bond acceptors (Lipinski definition) is 5. The minimum atomic E-state index is -4.69. The first kappa shape index (κ1) is 29.8. The van der Waals surface area contributed by atoms with Gasteiger partial charge in [-0.05, 0) is 69.7 Å². The van der Waals surface area contributed by atoms with E-state index in [0.717, 1.165) is 65.8 Å². The SMILES string of the molecule is Cc1c(N[C@H]2CC[C@@H](CNCc3ccccc3OC(F)(F)F)CC2)nc2cccc(C)c2c1N.Cl.Cl. The van der Waals surface area contributed by atoms with Gasteiger partial charge in [0.05, 0.1) is 5.52 Å². The summed E-state index contributed by atoms with van der Waals surface area (Å²) in [7, 11) is 0. The van der Waals surface area contributed by atoms with E-state index in [0.29, 0.717) is 24.1 Å². The summed E-state index contributed by atoms with van der Waals surface area (Å²) in [5.41, 5.74) is 10.7. The van der Waals surface area contributed by atoms with E-state index in [9.17, 15) is 13.2 Å². The Labute approximate surface area is 222 Å². The number of nitrogen functional groups attached to an aromatic ring is 1. The van der Waals surface area contributed by atoms with Crippen molar-refractivity contribution in [2.75, 3.05) is 17.6 Å². The van der Waals surface area contributed by atoms with Crippen LogP contribution in [-0.2, 0) is 6.54 Å². The topological polar surface area (TPSA) is 72.2 Å². The second-order valence-corrected chi connectivity index (χ2v) is 9.12. The van der Waals surface area contributed by atoms with E-state index in [1.165, 1.54) is 6.07 Å². The molecule has 2 aromatic carbocycles. The predicted octanol–water partition coefficient (Wildman–Crippen LogP) is 6.94. The molecule has 0 radical (unpaired) electrons. The minimum absolute atomic E-state index is 0. The highest BCUT2D eigenvalue weighted by Crippen LogP contribution is 2.33. The summed E-state index contributed by atoms with van der Waals surface area (Å²) in [6.07, 6.45) is -0.609. The van der Waals surface area contributed by atoms with Crippen molar-refractivity contribution in [1.82, 2.24) is 10.3 Å². The van der Waals surface area contributed by atoms with Gasteiger partial charge in [0.2, 0.25) is 0 Å². The number of rotatable bonds is 7. The molecular weight excluding hydrogens is 512 g/mol. The van der Waals surface area contributed by atoms with Crippen molar-refractivity contribution in [3.05, 3.63) is 59.2 Å². The second kappa shape index (κ2) is 12.7. The number of aryl methyl sites for hydroxylation is 1. The summed E-state index contributed by atoms with van der Waals surface area (Å²) >= 11 is 0. The van der Waals surface area contributed by atoms with Crippen LogP contribution in [0.15, 0.2) is 42.5 Å². The Morgan fingerprint density at radius 1 is 1.00 bits per heavy atom. The predicted molar refractivity (Wildman–Crippen MR) is 144 cm³/mol. The molecule has 0 unspecified atom stereocenters. The van der Waals surface area contributed by atoms with Gasteiger partial charge in [-0.25, -0.2) is 4.98 Å². The molecule has 0 amide bonds. The molecule has 1 fully saturated rings. The average molecular weight is 545 g/mol. The van der Waals surface area contributed by atoms with Gasteiger partial charge in [-0.3, -0.25) is 0 Å². The van der Waals surface area contributed by atoms with Crippen molar-refractivity contribution in [3.63, 3.8) is 0 Å². The molecule has 1 aliphatic rings. The lowest BCUT2D eigenvalue weighted by molar-refractivity contribution is -0.274. The van der Waals surface area contributed by atoms with E-state index in [1.54, 1.807) is 18.2 Å². The highest BCUT2D eigenvalue weighted by atomic mass is 35.5. The molecule has 0 aliphatic heterocycles. The summed E-state index contributed by atoms with van der Waals surface area (Å²) in [6.45, 7) is 5.15. The number of benzene rings is 2. The Balaban J connectivity index is 0.00000228. The first-order valence-electron chi connectivity index (χ1n) is 11.7. The monoisotopic (exact) mass is 544 g/mol. The van der Waals surface area contributed by atoms with Crippen LogP contribution >= 0.6 is 24.8 Å². The molecule has 1 aliphatic carbocycles. The fourth-order valence-electron chi connectivity index (χ4n) is 4.75. The second-order valence-electron chi connectivity index (χ2n) is 9.12. The lowest BCUT2D eigenvalue weighted by Gasteiger charge is -2.30. The summed E-state index contributed by atoms with van der Waals surface area (Å²) in [4.78, 5) is 4.83. The van der Waals surface area contributed by atoms with E-state index in [1.807, 2.05) is 32.0 Å². The third-order valence-corrected chi connectivity index (χ3v) is 6.65. The molecule has 0 spiro atoms. The maximum Gasteiger partial charge on any atom is 0.573 e.